The number of rotatable bonds is 1. The van der Waals surface area contributed by atoms with Crippen LogP contribution in [-0.2, 0) is 0 Å². The number of hydrogen-bond acceptors (Lipinski definition) is 1. The Labute approximate surface area is 120 Å². The van der Waals surface area contributed by atoms with Crippen LogP contribution in [0.1, 0.15) is 0 Å². The zero-order valence-electron chi connectivity index (χ0n) is 9.45. The van der Waals surface area contributed by atoms with E-state index in [0.29, 0.717) is 9.99 Å². The second-order valence-electron chi connectivity index (χ2n) is 4.00. The highest BCUT2D eigenvalue weighted by Crippen LogP contribution is 2.25. The maximum absolute atomic E-state index is 14.0. The summed E-state index contributed by atoms with van der Waals surface area (Å²) >= 11 is 8.35. The molecule has 0 radical (unpaired) electrons. The molecule has 1 N–H and O–H groups in total. The van der Waals surface area contributed by atoms with Gasteiger partial charge in [-0.15, -0.1) is 0 Å². The van der Waals surface area contributed by atoms with Gasteiger partial charge in [0.15, 0.2) is 4.77 Å². The molecule has 3 rings (SSSR count). The Balaban J connectivity index is 2.40. The molecule has 19 heavy (non-hydrogen) atoms. The Kier molecular flexibility index (Phi) is 2.99. The summed E-state index contributed by atoms with van der Waals surface area (Å²) in [6.07, 6.45) is 0. The van der Waals surface area contributed by atoms with Crippen molar-refractivity contribution >= 4 is 39.2 Å². The highest BCUT2D eigenvalue weighted by molar-refractivity contribution is 9.10. The van der Waals surface area contributed by atoms with Crippen molar-refractivity contribution in [1.82, 2.24) is 9.55 Å². The van der Waals surface area contributed by atoms with Gasteiger partial charge in [0.2, 0.25) is 0 Å². The summed E-state index contributed by atoms with van der Waals surface area (Å²) in [6, 6.07) is 9.22. The van der Waals surface area contributed by atoms with Crippen LogP contribution in [0.3, 0.4) is 0 Å². The maximum Gasteiger partial charge on any atom is 0.182 e. The molecule has 0 saturated heterocycles. The summed E-state index contributed by atoms with van der Waals surface area (Å²) in [5, 5.41) is 0. The Morgan fingerprint density at radius 3 is 2.63 bits per heavy atom. The predicted molar refractivity (Wildman–Crippen MR) is 76.1 cm³/mol. The number of fused-ring (bicyclic) bond motifs is 1. The van der Waals surface area contributed by atoms with Gasteiger partial charge in [0.05, 0.1) is 11.2 Å². The lowest BCUT2D eigenvalue weighted by atomic mass is 10.2. The van der Waals surface area contributed by atoms with Gasteiger partial charge in [0, 0.05) is 4.47 Å². The van der Waals surface area contributed by atoms with E-state index in [0.717, 1.165) is 0 Å². The Morgan fingerprint density at radius 1 is 1.11 bits per heavy atom. The summed E-state index contributed by atoms with van der Waals surface area (Å²) in [5.74, 6) is -0.851. The van der Waals surface area contributed by atoms with Crippen LogP contribution in [0, 0.1) is 16.4 Å². The summed E-state index contributed by atoms with van der Waals surface area (Å²) in [5.41, 5.74) is 1.06. The van der Waals surface area contributed by atoms with E-state index in [2.05, 4.69) is 20.9 Å². The van der Waals surface area contributed by atoms with E-state index in [1.165, 1.54) is 16.7 Å². The molecule has 2 aromatic carbocycles. The lowest BCUT2D eigenvalue weighted by Crippen LogP contribution is -1.97. The SMILES string of the molecule is Fc1cc(Br)ccc1-n1c(=S)[nH]c2c(F)cccc21. The number of nitrogens with zero attached hydrogens (tertiary/aromatic N) is 1. The minimum atomic E-state index is -0.435. The molecule has 0 aliphatic heterocycles. The van der Waals surface area contributed by atoms with Gasteiger partial charge in [-0.1, -0.05) is 22.0 Å². The van der Waals surface area contributed by atoms with Crippen molar-refractivity contribution in [2.45, 2.75) is 0 Å². The highest BCUT2D eigenvalue weighted by Gasteiger charge is 2.12. The largest absolute Gasteiger partial charge is 0.328 e. The first-order chi connectivity index (χ1) is 9.08. The molecule has 0 bridgehead atoms. The standard InChI is InChI=1S/C13H7BrF2N2S/c14-7-4-5-10(9(16)6-7)18-11-3-1-2-8(15)12(11)17-13(18)19/h1-6H,(H,17,19). The van der Waals surface area contributed by atoms with Crippen molar-refractivity contribution in [1.29, 1.82) is 0 Å². The maximum atomic E-state index is 14.0. The molecule has 0 unspecified atom stereocenters. The van der Waals surface area contributed by atoms with E-state index in [-0.39, 0.29) is 16.0 Å². The minimum absolute atomic E-state index is 0.251. The molecule has 0 fully saturated rings. The third-order valence-electron chi connectivity index (χ3n) is 2.82. The van der Waals surface area contributed by atoms with Crippen molar-refractivity contribution in [3.8, 4) is 5.69 Å². The molecule has 0 spiro atoms. The first kappa shape index (κ1) is 12.5. The van der Waals surface area contributed by atoms with Crippen LogP contribution in [0.2, 0.25) is 0 Å². The molecule has 0 aliphatic rings. The number of benzene rings is 2. The fourth-order valence-corrected chi connectivity index (χ4v) is 2.63. The fourth-order valence-electron chi connectivity index (χ4n) is 2.00. The van der Waals surface area contributed by atoms with Crippen LogP contribution in [-0.4, -0.2) is 9.55 Å². The summed E-state index contributed by atoms with van der Waals surface area (Å²) in [4.78, 5) is 2.76. The first-order valence-corrected chi connectivity index (χ1v) is 6.63. The van der Waals surface area contributed by atoms with Crippen LogP contribution >= 0.6 is 28.1 Å². The summed E-state index contributed by atoms with van der Waals surface area (Å²) < 4.78 is 30.0. The molecule has 2 nitrogen and oxygen atoms in total. The molecule has 1 aromatic heterocycles. The van der Waals surface area contributed by atoms with E-state index >= 15 is 0 Å². The summed E-state index contributed by atoms with van der Waals surface area (Å²) in [7, 11) is 0. The minimum Gasteiger partial charge on any atom is -0.328 e. The molecule has 1 heterocycles. The van der Waals surface area contributed by atoms with E-state index in [9.17, 15) is 8.78 Å². The van der Waals surface area contributed by atoms with Crippen LogP contribution in [0.15, 0.2) is 40.9 Å². The van der Waals surface area contributed by atoms with Crippen LogP contribution < -0.4 is 0 Å². The zero-order chi connectivity index (χ0) is 13.6. The number of halogens is 3. The Morgan fingerprint density at radius 2 is 1.89 bits per heavy atom. The number of nitrogens with one attached hydrogen (secondary N) is 1. The monoisotopic (exact) mass is 340 g/mol. The lowest BCUT2D eigenvalue weighted by molar-refractivity contribution is 0.618. The number of hydrogen-bond donors (Lipinski definition) is 1. The fraction of sp³-hybridized carbons (Fsp3) is 0. The normalized spacial score (nSPS) is 11.1. The van der Waals surface area contributed by atoms with Gasteiger partial charge in [0.1, 0.15) is 17.2 Å². The molecule has 0 atom stereocenters. The number of imidazole rings is 1. The van der Waals surface area contributed by atoms with Gasteiger partial charge in [-0.2, -0.15) is 0 Å². The molecule has 0 amide bonds. The second-order valence-corrected chi connectivity index (χ2v) is 5.30. The van der Waals surface area contributed by atoms with Crippen LogP contribution in [0.4, 0.5) is 8.78 Å². The number of H-pyrrole nitrogens is 1. The number of aromatic amines is 1. The highest BCUT2D eigenvalue weighted by atomic mass is 79.9. The van der Waals surface area contributed by atoms with Gasteiger partial charge >= 0.3 is 0 Å². The van der Waals surface area contributed by atoms with Crippen LogP contribution in [0.5, 0.6) is 0 Å². The summed E-state index contributed by atoms with van der Waals surface area (Å²) in [6.45, 7) is 0. The van der Waals surface area contributed by atoms with Gasteiger partial charge in [-0.05, 0) is 42.5 Å². The van der Waals surface area contributed by atoms with Gasteiger partial charge in [-0.3, -0.25) is 4.57 Å². The van der Waals surface area contributed by atoms with E-state index in [4.69, 9.17) is 12.2 Å². The molecular weight excluding hydrogens is 334 g/mol. The smallest absolute Gasteiger partial charge is 0.182 e. The van der Waals surface area contributed by atoms with Crippen molar-refractivity contribution in [2.75, 3.05) is 0 Å². The number of para-hydroxylation sites is 1. The average molecular weight is 341 g/mol. The Hall–Kier alpha value is -1.53. The topological polar surface area (TPSA) is 20.7 Å². The van der Waals surface area contributed by atoms with Crippen molar-refractivity contribution in [2.24, 2.45) is 0 Å². The molecule has 96 valence electrons. The molecule has 0 aliphatic carbocycles. The second kappa shape index (κ2) is 4.54. The van der Waals surface area contributed by atoms with E-state index in [1.807, 2.05) is 0 Å². The lowest BCUT2D eigenvalue weighted by Gasteiger charge is -2.06. The predicted octanol–water partition coefficient (Wildman–Crippen LogP) is 4.73. The molecule has 6 heteroatoms. The van der Waals surface area contributed by atoms with Crippen LogP contribution in [0.25, 0.3) is 16.7 Å². The molecular formula is C13H7BrF2N2S. The van der Waals surface area contributed by atoms with Crippen molar-refractivity contribution < 1.29 is 8.78 Å². The van der Waals surface area contributed by atoms with Crippen molar-refractivity contribution in [3.63, 3.8) is 0 Å². The molecule has 3 aromatic rings. The Bertz CT molecular complexity index is 838. The average Bonchev–Trinajstić information content (AvgIpc) is 2.68. The number of aromatic nitrogens is 2. The van der Waals surface area contributed by atoms with Crippen molar-refractivity contribution in [3.05, 3.63) is 57.3 Å². The zero-order valence-corrected chi connectivity index (χ0v) is 11.9. The third-order valence-corrected chi connectivity index (χ3v) is 3.60. The molecule has 0 saturated carbocycles. The van der Waals surface area contributed by atoms with E-state index < -0.39 is 11.6 Å². The van der Waals surface area contributed by atoms with E-state index in [1.54, 1.807) is 24.3 Å². The van der Waals surface area contributed by atoms with Gasteiger partial charge in [-0.25, -0.2) is 8.78 Å². The quantitative estimate of drug-likeness (QED) is 0.635. The van der Waals surface area contributed by atoms with Gasteiger partial charge < -0.3 is 4.98 Å². The third kappa shape index (κ3) is 2.01. The van der Waals surface area contributed by atoms with Gasteiger partial charge in [0.25, 0.3) is 0 Å². The first-order valence-electron chi connectivity index (χ1n) is 5.42.